The maximum atomic E-state index is 2.26. The summed E-state index contributed by atoms with van der Waals surface area (Å²) in [5.41, 5.74) is 1.34. The molecule has 2 N–H and O–H groups in total. The van der Waals surface area contributed by atoms with Crippen LogP contribution in [0.25, 0.3) is 0 Å². The highest BCUT2D eigenvalue weighted by molar-refractivity contribution is 5.26. The van der Waals surface area contributed by atoms with Crippen LogP contribution in [0.2, 0.25) is 0 Å². The molecule has 0 atom stereocenters. The van der Waals surface area contributed by atoms with Gasteiger partial charge in [0.1, 0.15) is 5.69 Å². The molecule has 0 radical (unpaired) electrons. The van der Waals surface area contributed by atoms with Crippen LogP contribution < -0.4 is 17.7 Å². The molecule has 0 aliphatic rings. The summed E-state index contributed by atoms with van der Waals surface area (Å²) in [6.45, 7) is 3.38. The van der Waals surface area contributed by atoms with Gasteiger partial charge in [-0.3, -0.25) is 0 Å². The molecule has 0 heterocycles. The van der Waals surface area contributed by atoms with E-state index in [0.29, 0.717) is 0 Å². The summed E-state index contributed by atoms with van der Waals surface area (Å²) in [5.74, 6) is 0. The van der Waals surface area contributed by atoms with Crippen LogP contribution in [0.3, 0.4) is 0 Å². The molecule has 0 aromatic heterocycles. The molecule has 0 saturated carbocycles. The first kappa shape index (κ1) is 10.5. The van der Waals surface area contributed by atoms with Gasteiger partial charge in [-0.05, 0) is 18.6 Å². The number of rotatable bonds is 3. The van der Waals surface area contributed by atoms with Crippen LogP contribution in [0.5, 0.6) is 0 Å². The van der Waals surface area contributed by atoms with E-state index in [2.05, 4.69) is 36.5 Å². The molecule has 1 aromatic carbocycles. The third-order valence-corrected chi connectivity index (χ3v) is 1.47. The molecule has 11 heavy (non-hydrogen) atoms. The van der Waals surface area contributed by atoms with Crippen LogP contribution in [-0.2, 0) is 0 Å². The second kappa shape index (κ2) is 6.20. The lowest BCUT2D eigenvalue weighted by molar-refractivity contribution is -0.571. The minimum absolute atomic E-state index is 0. The monoisotopic (exact) mass is 171 g/mol. The largest absolute Gasteiger partial charge is 1.00 e. The molecule has 62 valence electrons. The summed E-state index contributed by atoms with van der Waals surface area (Å²) in [4.78, 5) is 0. The van der Waals surface area contributed by atoms with Crippen molar-refractivity contribution in [1.29, 1.82) is 0 Å². The number of halogens is 1. The van der Waals surface area contributed by atoms with E-state index in [1.54, 1.807) is 0 Å². The van der Waals surface area contributed by atoms with Gasteiger partial charge in [0.2, 0.25) is 0 Å². The van der Waals surface area contributed by atoms with Gasteiger partial charge in [-0.25, -0.2) is 0 Å². The van der Waals surface area contributed by atoms with Crippen molar-refractivity contribution in [3.8, 4) is 0 Å². The number of nitrogens with two attached hydrogens (primary N) is 1. The second-order valence-electron chi connectivity index (χ2n) is 2.40. The highest BCUT2D eigenvalue weighted by Gasteiger charge is 1.89. The van der Waals surface area contributed by atoms with E-state index in [1.807, 2.05) is 6.07 Å². The SMILES string of the molecule is CCC[NH2+]c1ccccc1.[Cl-]. The summed E-state index contributed by atoms with van der Waals surface area (Å²) in [6.07, 6.45) is 1.23. The molecule has 1 nitrogen and oxygen atoms in total. The van der Waals surface area contributed by atoms with Crippen molar-refractivity contribution in [3.63, 3.8) is 0 Å². The first-order chi connectivity index (χ1) is 4.93. The van der Waals surface area contributed by atoms with Gasteiger partial charge in [0.25, 0.3) is 0 Å². The quantitative estimate of drug-likeness (QED) is 0.522. The average molecular weight is 172 g/mol. The maximum Gasteiger partial charge on any atom is 0.129 e. The summed E-state index contributed by atoms with van der Waals surface area (Å²) in [5, 5.41) is 2.26. The lowest BCUT2D eigenvalue weighted by Gasteiger charge is -1.95. The van der Waals surface area contributed by atoms with Gasteiger partial charge in [-0.15, -0.1) is 0 Å². The minimum atomic E-state index is 0. The van der Waals surface area contributed by atoms with E-state index < -0.39 is 0 Å². The fourth-order valence-electron chi connectivity index (χ4n) is 0.900. The molecule has 0 spiro atoms. The lowest BCUT2D eigenvalue weighted by Crippen LogP contribution is -3.00. The highest BCUT2D eigenvalue weighted by Crippen LogP contribution is 1.95. The van der Waals surface area contributed by atoms with Gasteiger partial charge >= 0.3 is 0 Å². The Hall–Kier alpha value is -0.530. The van der Waals surface area contributed by atoms with Gasteiger partial charge in [-0.2, -0.15) is 0 Å². The Labute approximate surface area is 74.2 Å². The first-order valence-electron chi connectivity index (χ1n) is 3.81. The Bertz CT molecular complexity index is 174. The zero-order valence-electron chi connectivity index (χ0n) is 6.76. The van der Waals surface area contributed by atoms with Crippen LogP contribution >= 0.6 is 0 Å². The number of hydrogen-bond donors (Lipinski definition) is 1. The molecule has 0 fully saturated rings. The molecule has 0 saturated heterocycles. The maximum absolute atomic E-state index is 2.26. The fraction of sp³-hybridized carbons (Fsp3) is 0.333. The minimum Gasteiger partial charge on any atom is -1.00 e. The topological polar surface area (TPSA) is 16.6 Å². The normalized spacial score (nSPS) is 8.82. The number of para-hydroxylation sites is 1. The van der Waals surface area contributed by atoms with Crippen LogP contribution in [0.15, 0.2) is 30.3 Å². The van der Waals surface area contributed by atoms with E-state index in [1.165, 1.54) is 18.7 Å². The average Bonchev–Trinajstić information content (AvgIpc) is 2.03. The number of benzene rings is 1. The number of quaternary nitrogens is 1. The van der Waals surface area contributed by atoms with Crippen molar-refractivity contribution in [3.05, 3.63) is 30.3 Å². The second-order valence-corrected chi connectivity index (χ2v) is 2.40. The van der Waals surface area contributed by atoms with E-state index in [0.717, 1.165) is 0 Å². The Morgan fingerprint density at radius 3 is 2.36 bits per heavy atom. The van der Waals surface area contributed by atoms with Crippen LogP contribution in [-0.4, -0.2) is 6.54 Å². The molecule has 1 aromatic rings. The van der Waals surface area contributed by atoms with E-state index >= 15 is 0 Å². The van der Waals surface area contributed by atoms with E-state index in [-0.39, 0.29) is 12.4 Å². The first-order valence-corrected chi connectivity index (χ1v) is 3.81. The highest BCUT2D eigenvalue weighted by atomic mass is 35.5. The lowest BCUT2D eigenvalue weighted by atomic mass is 10.3. The van der Waals surface area contributed by atoms with Crippen LogP contribution in [0.4, 0.5) is 5.69 Å². The van der Waals surface area contributed by atoms with Gasteiger partial charge in [0, 0.05) is 0 Å². The van der Waals surface area contributed by atoms with E-state index in [4.69, 9.17) is 0 Å². The standard InChI is InChI=1S/C9H13N.ClH/c1-2-8-10-9-6-4-3-5-7-9;/h3-7,10H,2,8H2,1H3;1H. The van der Waals surface area contributed by atoms with E-state index in [9.17, 15) is 0 Å². The zero-order chi connectivity index (χ0) is 7.23. The predicted octanol–water partition coefficient (Wildman–Crippen LogP) is -1.70. The zero-order valence-corrected chi connectivity index (χ0v) is 7.51. The van der Waals surface area contributed by atoms with Crippen LogP contribution in [0.1, 0.15) is 13.3 Å². The molecular weight excluding hydrogens is 158 g/mol. The van der Waals surface area contributed by atoms with Crippen molar-refractivity contribution in [2.45, 2.75) is 13.3 Å². The smallest absolute Gasteiger partial charge is 0.129 e. The fourth-order valence-corrected chi connectivity index (χ4v) is 0.900. The molecular formula is C9H14ClN. The predicted molar refractivity (Wildman–Crippen MR) is 43.2 cm³/mol. The Balaban J connectivity index is 0.000001000. The van der Waals surface area contributed by atoms with Gasteiger partial charge in [0.15, 0.2) is 0 Å². The molecule has 0 amide bonds. The van der Waals surface area contributed by atoms with Gasteiger partial charge < -0.3 is 17.7 Å². The van der Waals surface area contributed by atoms with Crippen molar-refractivity contribution in [2.75, 3.05) is 6.54 Å². The third kappa shape index (κ3) is 4.02. The van der Waals surface area contributed by atoms with Gasteiger partial charge in [-0.1, -0.05) is 25.1 Å². The molecule has 2 heteroatoms. The molecule has 0 aliphatic heterocycles. The van der Waals surface area contributed by atoms with Crippen molar-refractivity contribution >= 4 is 5.69 Å². The summed E-state index contributed by atoms with van der Waals surface area (Å²) >= 11 is 0. The van der Waals surface area contributed by atoms with Crippen molar-refractivity contribution in [2.24, 2.45) is 0 Å². The molecule has 1 rings (SSSR count). The van der Waals surface area contributed by atoms with Gasteiger partial charge in [0.05, 0.1) is 6.54 Å². The molecule has 0 aliphatic carbocycles. The summed E-state index contributed by atoms with van der Waals surface area (Å²) in [6, 6.07) is 10.5. The van der Waals surface area contributed by atoms with Crippen molar-refractivity contribution < 1.29 is 17.7 Å². The Kier molecular flexibility index (Phi) is 5.90. The Morgan fingerprint density at radius 1 is 1.18 bits per heavy atom. The third-order valence-electron chi connectivity index (χ3n) is 1.47. The molecule has 0 bridgehead atoms. The summed E-state index contributed by atoms with van der Waals surface area (Å²) < 4.78 is 0. The van der Waals surface area contributed by atoms with Crippen molar-refractivity contribution in [1.82, 2.24) is 0 Å². The van der Waals surface area contributed by atoms with Crippen LogP contribution in [0, 0.1) is 0 Å². The Morgan fingerprint density at radius 2 is 1.82 bits per heavy atom. The summed E-state index contributed by atoms with van der Waals surface area (Å²) in [7, 11) is 0. The number of hydrogen-bond acceptors (Lipinski definition) is 0. The molecule has 0 unspecified atom stereocenters.